The minimum absolute atomic E-state index is 0.0693. The first-order valence-corrected chi connectivity index (χ1v) is 7.21. The Kier molecular flexibility index (Phi) is 5.15. The second-order valence-corrected chi connectivity index (χ2v) is 5.53. The molecule has 0 spiro atoms. The van der Waals surface area contributed by atoms with E-state index >= 15 is 0 Å². The third-order valence-corrected chi connectivity index (χ3v) is 4.03. The van der Waals surface area contributed by atoms with E-state index in [1.807, 2.05) is 30.3 Å². The summed E-state index contributed by atoms with van der Waals surface area (Å²) in [5, 5.41) is 0. The zero-order valence-corrected chi connectivity index (χ0v) is 12.9. The van der Waals surface area contributed by atoms with Gasteiger partial charge in [-0.15, -0.1) is 0 Å². The average Bonchev–Trinajstić information content (AvgIpc) is 2.44. The summed E-state index contributed by atoms with van der Waals surface area (Å²) in [6.45, 7) is 0. The Morgan fingerprint density at radius 1 is 1.20 bits per heavy atom. The SMILES string of the molecule is COc1cccc(CC(N)Cc2cccc(F)c2Br)c1. The van der Waals surface area contributed by atoms with Gasteiger partial charge in [0.15, 0.2) is 0 Å². The van der Waals surface area contributed by atoms with Crippen molar-refractivity contribution in [3.05, 3.63) is 63.9 Å². The van der Waals surface area contributed by atoms with Gasteiger partial charge in [0.2, 0.25) is 0 Å². The Hall–Kier alpha value is -1.39. The first kappa shape index (κ1) is 15.0. The highest BCUT2D eigenvalue weighted by atomic mass is 79.9. The van der Waals surface area contributed by atoms with Gasteiger partial charge in [0.05, 0.1) is 11.6 Å². The molecule has 0 aliphatic rings. The number of benzene rings is 2. The molecule has 0 aromatic heterocycles. The Morgan fingerprint density at radius 2 is 1.95 bits per heavy atom. The normalized spacial score (nSPS) is 12.2. The van der Waals surface area contributed by atoms with Gasteiger partial charge in [0.25, 0.3) is 0 Å². The van der Waals surface area contributed by atoms with Crippen LogP contribution in [-0.4, -0.2) is 13.2 Å². The topological polar surface area (TPSA) is 35.2 Å². The summed E-state index contributed by atoms with van der Waals surface area (Å²) >= 11 is 3.27. The fourth-order valence-corrected chi connectivity index (χ4v) is 2.59. The van der Waals surface area contributed by atoms with E-state index in [4.69, 9.17) is 10.5 Å². The van der Waals surface area contributed by atoms with Crippen LogP contribution in [0.25, 0.3) is 0 Å². The van der Waals surface area contributed by atoms with Crippen molar-refractivity contribution in [2.45, 2.75) is 18.9 Å². The van der Waals surface area contributed by atoms with E-state index in [1.54, 1.807) is 13.2 Å². The van der Waals surface area contributed by atoms with Gasteiger partial charge >= 0.3 is 0 Å². The molecule has 2 nitrogen and oxygen atoms in total. The average molecular weight is 338 g/mol. The van der Waals surface area contributed by atoms with Crippen molar-refractivity contribution < 1.29 is 9.13 Å². The standard InChI is InChI=1S/C16H17BrFNO/c1-20-14-6-2-4-11(9-14)8-13(19)10-12-5-3-7-15(18)16(12)17/h2-7,9,13H,8,10,19H2,1H3. The minimum Gasteiger partial charge on any atom is -0.497 e. The molecule has 1 atom stereocenters. The van der Waals surface area contributed by atoms with Crippen LogP contribution in [-0.2, 0) is 12.8 Å². The van der Waals surface area contributed by atoms with Gasteiger partial charge in [-0.3, -0.25) is 0 Å². The molecule has 2 aromatic rings. The lowest BCUT2D eigenvalue weighted by atomic mass is 9.99. The van der Waals surface area contributed by atoms with E-state index in [2.05, 4.69) is 15.9 Å². The molecule has 0 bridgehead atoms. The quantitative estimate of drug-likeness (QED) is 0.902. The molecular weight excluding hydrogens is 321 g/mol. The maximum absolute atomic E-state index is 13.5. The van der Waals surface area contributed by atoms with Crippen LogP contribution in [0.2, 0.25) is 0 Å². The summed E-state index contributed by atoms with van der Waals surface area (Å²) in [6, 6.07) is 12.8. The molecule has 0 saturated carbocycles. The third-order valence-electron chi connectivity index (χ3n) is 3.15. The number of hydrogen-bond donors (Lipinski definition) is 1. The molecule has 0 aliphatic carbocycles. The molecule has 1 unspecified atom stereocenters. The van der Waals surface area contributed by atoms with Crippen LogP contribution < -0.4 is 10.5 Å². The summed E-state index contributed by atoms with van der Waals surface area (Å²) in [7, 11) is 1.64. The molecule has 0 aliphatic heterocycles. The highest BCUT2D eigenvalue weighted by Crippen LogP contribution is 2.22. The lowest BCUT2D eigenvalue weighted by Crippen LogP contribution is -2.25. The molecule has 0 heterocycles. The van der Waals surface area contributed by atoms with Crippen molar-refractivity contribution in [2.75, 3.05) is 7.11 Å². The van der Waals surface area contributed by atoms with Crippen molar-refractivity contribution in [3.63, 3.8) is 0 Å². The molecule has 0 saturated heterocycles. The number of hydrogen-bond acceptors (Lipinski definition) is 2. The van der Waals surface area contributed by atoms with Crippen LogP contribution in [0.1, 0.15) is 11.1 Å². The maximum atomic E-state index is 13.5. The van der Waals surface area contributed by atoms with Crippen LogP contribution in [0, 0.1) is 5.82 Å². The van der Waals surface area contributed by atoms with E-state index in [0.717, 1.165) is 23.3 Å². The Balaban J connectivity index is 2.05. The first-order valence-electron chi connectivity index (χ1n) is 6.41. The van der Waals surface area contributed by atoms with Crippen molar-refractivity contribution in [2.24, 2.45) is 5.73 Å². The summed E-state index contributed by atoms with van der Waals surface area (Å²) in [5.74, 6) is 0.567. The minimum atomic E-state index is -0.254. The van der Waals surface area contributed by atoms with E-state index in [9.17, 15) is 4.39 Å². The number of rotatable bonds is 5. The van der Waals surface area contributed by atoms with E-state index in [-0.39, 0.29) is 11.9 Å². The molecule has 2 N–H and O–H groups in total. The highest BCUT2D eigenvalue weighted by Gasteiger charge is 2.11. The summed E-state index contributed by atoms with van der Waals surface area (Å²) in [4.78, 5) is 0. The molecular formula is C16H17BrFNO. The van der Waals surface area contributed by atoms with Gasteiger partial charge in [-0.05, 0) is 58.1 Å². The van der Waals surface area contributed by atoms with Gasteiger partial charge < -0.3 is 10.5 Å². The summed E-state index contributed by atoms with van der Waals surface area (Å²) < 4.78 is 19.1. The number of methoxy groups -OCH3 is 1. The Bertz CT molecular complexity index is 588. The molecule has 0 amide bonds. The van der Waals surface area contributed by atoms with Crippen molar-refractivity contribution in [1.29, 1.82) is 0 Å². The number of nitrogens with two attached hydrogens (primary N) is 1. The van der Waals surface area contributed by atoms with Gasteiger partial charge in [0.1, 0.15) is 11.6 Å². The molecule has 2 aromatic carbocycles. The molecule has 106 valence electrons. The first-order chi connectivity index (χ1) is 9.60. The Labute approximate surface area is 126 Å². The van der Waals surface area contributed by atoms with Crippen molar-refractivity contribution in [1.82, 2.24) is 0 Å². The fraction of sp³-hybridized carbons (Fsp3) is 0.250. The molecule has 4 heteroatoms. The lowest BCUT2D eigenvalue weighted by Gasteiger charge is -2.14. The van der Waals surface area contributed by atoms with Crippen LogP contribution in [0.3, 0.4) is 0 Å². The van der Waals surface area contributed by atoms with E-state index in [0.29, 0.717) is 10.9 Å². The maximum Gasteiger partial charge on any atom is 0.137 e. The van der Waals surface area contributed by atoms with Crippen LogP contribution in [0.15, 0.2) is 46.9 Å². The van der Waals surface area contributed by atoms with E-state index < -0.39 is 0 Å². The number of ether oxygens (including phenoxy) is 1. The highest BCUT2D eigenvalue weighted by molar-refractivity contribution is 9.10. The molecule has 0 radical (unpaired) electrons. The second kappa shape index (κ2) is 6.86. The van der Waals surface area contributed by atoms with Crippen LogP contribution in [0.4, 0.5) is 4.39 Å². The Morgan fingerprint density at radius 3 is 2.70 bits per heavy atom. The zero-order chi connectivity index (χ0) is 14.5. The zero-order valence-electron chi connectivity index (χ0n) is 11.3. The van der Waals surface area contributed by atoms with Crippen LogP contribution >= 0.6 is 15.9 Å². The van der Waals surface area contributed by atoms with Gasteiger partial charge in [-0.25, -0.2) is 4.39 Å². The molecule has 0 fully saturated rings. The predicted octanol–water partition coefficient (Wildman–Crippen LogP) is 3.71. The van der Waals surface area contributed by atoms with Gasteiger partial charge in [-0.1, -0.05) is 24.3 Å². The van der Waals surface area contributed by atoms with Crippen molar-refractivity contribution in [3.8, 4) is 5.75 Å². The van der Waals surface area contributed by atoms with Gasteiger partial charge in [0, 0.05) is 6.04 Å². The summed E-state index contributed by atoms with van der Waals surface area (Å²) in [5.41, 5.74) is 8.17. The smallest absolute Gasteiger partial charge is 0.137 e. The number of halogens is 2. The van der Waals surface area contributed by atoms with Crippen LogP contribution in [0.5, 0.6) is 5.75 Å². The molecule has 2 rings (SSSR count). The van der Waals surface area contributed by atoms with Crippen molar-refractivity contribution >= 4 is 15.9 Å². The monoisotopic (exact) mass is 337 g/mol. The largest absolute Gasteiger partial charge is 0.497 e. The van der Waals surface area contributed by atoms with E-state index in [1.165, 1.54) is 6.07 Å². The fourth-order valence-electron chi connectivity index (χ4n) is 2.16. The second-order valence-electron chi connectivity index (χ2n) is 4.73. The lowest BCUT2D eigenvalue weighted by molar-refractivity contribution is 0.414. The predicted molar refractivity (Wildman–Crippen MR) is 82.5 cm³/mol. The molecule has 20 heavy (non-hydrogen) atoms. The summed E-state index contributed by atoms with van der Waals surface area (Å²) in [6.07, 6.45) is 1.34. The third kappa shape index (κ3) is 3.81. The van der Waals surface area contributed by atoms with Gasteiger partial charge in [-0.2, -0.15) is 0 Å².